The molecule has 1 aromatic rings. The summed E-state index contributed by atoms with van der Waals surface area (Å²) in [5, 5.41) is 0. The van der Waals surface area contributed by atoms with Crippen molar-refractivity contribution >= 4 is 0 Å². The van der Waals surface area contributed by atoms with Crippen LogP contribution in [0.2, 0.25) is 0 Å². The molecular weight excluding hydrogens is 284 g/mol. The molecular formula is C15H20F4N2. The second kappa shape index (κ2) is 6.32. The predicted octanol–water partition coefficient (Wildman–Crippen LogP) is 3.58. The highest BCUT2D eigenvalue weighted by atomic mass is 19.4. The number of likely N-dealkylation sites (tertiary alicyclic amines) is 1. The minimum absolute atomic E-state index is 0.0420. The number of hydrogen-bond donors (Lipinski definition) is 1. The molecule has 0 saturated carbocycles. The van der Waals surface area contributed by atoms with E-state index in [1.165, 1.54) is 6.07 Å². The molecule has 0 amide bonds. The predicted molar refractivity (Wildman–Crippen MR) is 73.2 cm³/mol. The van der Waals surface area contributed by atoms with Gasteiger partial charge in [-0.05, 0) is 62.7 Å². The lowest BCUT2D eigenvalue weighted by Crippen LogP contribution is -2.33. The maximum Gasteiger partial charge on any atom is 0.416 e. The number of hydrogen-bond acceptors (Lipinski definition) is 2. The van der Waals surface area contributed by atoms with E-state index >= 15 is 0 Å². The van der Waals surface area contributed by atoms with Crippen molar-refractivity contribution in [2.75, 3.05) is 20.1 Å². The molecule has 1 heterocycles. The molecule has 0 bridgehead atoms. The van der Waals surface area contributed by atoms with Crippen LogP contribution in [0.5, 0.6) is 0 Å². The summed E-state index contributed by atoms with van der Waals surface area (Å²) in [4.78, 5) is 1.99. The average molecular weight is 304 g/mol. The second-order valence-corrected chi connectivity index (χ2v) is 5.69. The number of benzene rings is 1. The molecule has 2 unspecified atom stereocenters. The Bertz CT molecular complexity index is 487. The Balaban J connectivity index is 2.44. The Morgan fingerprint density at radius 1 is 1.24 bits per heavy atom. The van der Waals surface area contributed by atoms with Gasteiger partial charge in [0.25, 0.3) is 0 Å². The van der Waals surface area contributed by atoms with Gasteiger partial charge in [-0.15, -0.1) is 0 Å². The number of halogens is 4. The zero-order chi connectivity index (χ0) is 15.6. The third kappa shape index (κ3) is 3.74. The summed E-state index contributed by atoms with van der Waals surface area (Å²) in [6.45, 7) is 1.16. The molecule has 0 spiro atoms. The van der Waals surface area contributed by atoms with Gasteiger partial charge in [0, 0.05) is 6.04 Å². The summed E-state index contributed by atoms with van der Waals surface area (Å²) < 4.78 is 52.2. The molecule has 1 saturated heterocycles. The standard InChI is InChI=1S/C15H20F4N2/c1-21-5-3-2-4-10(9-20)14(21)11-6-12(15(17,18)19)8-13(16)7-11/h6-8,10,14H,2-5,9,20H2,1H3. The molecule has 2 N–H and O–H groups in total. The highest BCUT2D eigenvalue weighted by Crippen LogP contribution is 2.37. The molecule has 0 aromatic heterocycles. The molecule has 1 aliphatic rings. The van der Waals surface area contributed by atoms with Gasteiger partial charge >= 0.3 is 6.18 Å². The van der Waals surface area contributed by atoms with Gasteiger partial charge < -0.3 is 5.73 Å². The summed E-state index contributed by atoms with van der Waals surface area (Å²) in [6, 6.07) is 2.52. The minimum atomic E-state index is -4.54. The van der Waals surface area contributed by atoms with Crippen LogP contribution in [0.1, 0.15) is 36.4 Å². The Morgan fingerprint density at radius 2 is 1.95 bits per heavy atom. The summed E-state index contributed by atoms with van der Waals surface area (Å²) >= 11 is 0. The van der Waals surface area contributed by atoms with E-state index in [9.17, 15) is 17.6 Å². The Morgan fingerprint density at radius 3 is 2.57 bits per heavy atom. The van der Waals surface area contributed by atoms with Gasteiger partial charge in [-0.2, -0.15) is 13.2 Å². The van der Waals surface area contributed by atoms with Crippen molar-refractivity contribution in [3.8, 4) is 0 Å². The first-order chi connectivity index (χ1) is 9.82. The lowest BCUT2D eigenvalue weighted by atomic mass is 9.88. The van der Waals surface area contributed by atoms with Crippen LogP contribution >= 0.6 is 0 Å². The van der Waals surface area contributed by atoms with Crippen LogP contribution in [0.25, 0.3) is 0 Å². The fourth-order valence-electron chi connectivity index (χ4n) is 3.14. The molecule has 1 aromatic carbocycles. The first-order valence-electron chi connectivity index (χ1n) is 7.11. The van der Waals surface area contributed by atoms with E-state index in [1.807, 2.05) is 11.9 Å². The van der Waals surface area contributed by atoms with Gasteiger partial charge in [-0.25, -0.2) is 4.39 Å². The third-order valence-electron chi connectivity index (χ3n) is 4.15. The fraction of sp³-hybridized carbons (Fsp3) is 0.600. The van der Waals surface area contributed by atoms with Gasteiger partial charge in [0.2, 0.25) is 0 Å². The van der Waals surface area contributed by atoms with Gasteiger partial charge in [-0.1, -0.05) is 6.42 Å². The first-order valence-corrected chi connectivity index (χ1v) is 7.11. The maximum absolute atomic E-state index is 13.6. The van der Waals surface area contributed by atoms with Crippen LogP contribution in [0.4, 0.5) is 17.6 Å². The molecule has 0 aliphatic carbocycles. The van der Waals surface area contributed by atoms with E-state index in [2.05, 4.69) is 0 Å². The maximum atomic E-state index is 13.6. The van der Waals surface area contributed by atoms with Crippen LogP contribution < -0.4 is 5.73 Å². The fourth-order valence-corrected chi connectivity index (χ4v) is 3.14. The van der Waals surface area contributed by atoms with Gasteiger partial charge in [0.05, 0.1) is 5.56 Å². The van der Waals surface area contributed by atoms with E-state index in [0.717, 1.165) is 31.9 Å². The molecule has 2 rings (SSSR count). The highest BCUT2D eigenvalue weighted by Gasteiger charge is 2.34. The zero-order valence-electron chi connectivity index (χ0n) is 12.0. The van der Waals surface area contributed by atoms with Crippen LogP contribution in [-0.2, 0) is 6.18 Å². The number of nitrogens with zero attached hydrogens (tertiary/aromatic N) is 1. The highest BCUT2D eigenvalue weighted by molar-refractivity contribution is 5.30. The number of rotatable bonds is 2. The number of nitrogens with two attached hydrogens (primary N) is 1. The van der Waals surface area contributed by atoms with E-state index in [0.29, 0.717) is 18.2 Å². The lowest BCUT2D eigenvalue weighted by molar-refractivity contribution is -0.137. The van der Waals surface area contributed by atoms with Crippen LogP contribution in [-0.4, -0.2) is 25.0 Å². The zero-order valence-corrected chi connectivity index (χ0v) is 12.0. The number of alkyl halides is 3. The molecule has 21 heavy (non-hydrogen) atoms. The molecule has 118 valence electrons. The van der Waals surface area contributed by atoms with E-state index in [4.69, 9.17) is 5.73 Å². The Kier molecular flexibility index (Phi) is 4.88. The molecule has 1 fully saturated rings. The van der Waals surface area contributed by atoms with Crippen molar-refractivity contribution in [2.45, 2.75) is 31.5 Å². The smallest absolute Gasteiger partial charge is 0.330 e. The van der Waals surface area contributed by atoms with Crippen molar-refractivity contribution in [1.29, 1.82) is 0 Å². The van der Waals surface area contributed by atoms with Crippen molar-refractivity contribution in [2.24, 2.45) is 11.7 Å². The SMILES string of the molecule is CN1CCCCC(CN)C1c1cc(F)cc(C(F)(F)F)c1. The second-order valence-electron chi connectivity index (χ2n) is 5.69. The summed E-state index contributed by atoms with van der Waals surface area (Å²) in [5.74, 6) is -0.811. The van der Waals surface area contributed by atoms with Gasteiger partial charge in [-0.3, -0.25) is 4.90 Å². The van der Waals surface area contributed by atoms with Crippen LogP contribution in [0.15, 0.2) is 18.2 Å². The van der Waals surface area contributed by atoms with E-state index in [1.54, 1.807) is 0 Å². The van der Waals surface area contributed by atoms with Crippen LogP contribution in [0, 0.1) is 11.7 Å². The van der Waals surface area contributed by atoms with Crippen LogP contribution in [0.3, 0.4) is 0 Å². The Hall–Kier alpha value is -1.14. The third-order valence-corrected chi connectivity index (χ3v) is 4.15. The van der Waals surface area contributed by atoms with E-state index < -0.39 is 17.6 Å². The lowest BCUT2D eigenvalue weighted by Gasteiger charge is -2.32. The average Bonchev–Trinajstić information content (AvgIpc) is 2.58. The Labute approximate surface area is 121 Å². The molecule has 6 heteroatoms. The van der Waals surface area contributed by atoms with Crippen molar-refractivity contribution in [3.63, 3.8) is 0 Å². The van der Waals surface area contributed by atoms with Crippen molar-refractivity contribution < 1.29 is 17.6 Å². The van der Waals surface area contributed by atoms with E-state index in [-0.39, 0.29) is 12.0 Å². The van der Waals surface area contributed by atoms with Crippen molar-refractivity contribution in [1.82, 2.24) is 4.90 Å². The normalized spacial score (nSPS) is 24.9. The topological polar surface area (TPSA) is 29.3 Å². The molecule has 2 atom stereocenters. The minimum Gasteiger partial charge on any atom is -0.330 e. The molecule has 1 aliphatic heterocycles. The largest absolute Gasteiger partial charge is 0.416 e. The summed E-state index contributed by atoms with van der Waals surface area (Å²) in [5.41, 5.74) is 5.21. The molecule has 0 radical (unpaired) electrons. The first kappa shape index (κ1) is 16.2. The summed E-state index contributed by atoms with van der Waals surface area (Å²) in [7, 11) is 1.86. The quantitative estimate of drug-likeness (QED) is 0.846. The monoisotopic (exact) mass is 304 g/mol. The molecule has 2 nitrogen and oxygen atoms in total. The summed E-state index contributed by atoms with van der Waals surface area (Å²) in [6.07, 6.45) is -1.73. The van der Waals surface area contributed by atoms with Gasteiger partial charge in [0.15, 0.2) is 0 Å². The van der Waals surface area contributed by atoms with Gasteiger partial charge in [0.1, 0.15) is 5.82 Å². The van der Waals surface area contributed by atoms with Crippen molar-refractivity contribution in [3.05, 3.63) is 35.1 Å².